The molecule has 0 aromatic rings. The Bertz CT molecular complexity index is 172. The zero-order valence-corrected chi connectivity index (χ0v) is 6.92. The second kappa shape index (κ2) is 7.45. The maximum atomic E-state index is 11.5. The highest BCUT2D eigenvalue weighted by molar-refractivity contribution is 5.70. The molecule has 6 heteroatoms. The Labute approximate surface area is 73.8 Å². The van der Waals surface area contributed by atoms with Crippen molar-refractivity contribution >= 4 is 12.2 Å². The highest BCUT2D eigenvalue weighted by Crippen LogP contribution is 1.93. The zero-order valence-electron chi connectivity index (χ0n) is 6.92. The van der Waals surface area contributed by atoms with Crippen molar-refractivity contribution in [1.29, 1.82) is 0 Å². The summed E-state index contributed by atoms with van der Waals surface area (Å²) in [6.45, 7) is -1.17. The third kappa shape index (κ3) is 8.71. The fraction of sp³-hybridized carbons (Fsp3) is 0.714. The van der Waals surface area contributed by atoms with Gasteiger partial charge in [-0.15, -0.1) is 4.39 Å². The van der Waals surface area contributed by atoms with E-state index in [1.807, 2.05) is 0 Å². The number of hydrogen-bond acceptors (Lipinski definition) is 4. The van der Waals surface area contributed by atoms with Crippen molar-refractivity contribution in [1.82, 2.24) is 0 Å². The van der Waals surface area contributed by atoms with Crippen molar-refractivity contribution in [2.24, 2.45) is 0 Å². The number of rotatable bonds is 6. The smallest absolute Gasteiger partial charge is 0.464 e. The van der Waals surface area contributed by atoms with E-state index >= 15 is 0 Å². The largest absolute Gasteiger partial charge is 0.495 e. The number of unbranched alkanes of at least 4 members (excludes halogenated alkanes) is 1. The summed E-state index contributed by atoms with van der Waals surface area (Å²) in [6, 6.07) is 0. The van der Waals surface area contributed by atoms with Crippen LogP contribution in [0.1, 0.15) is 12.8 Å². The standard InChI is InChI=1S/C7H10F2O4/c8-5-6(10)12-3-1-2-4-13-7(9)11/h1-5H2. The lowest BCUT2D eigenvalue weighted by atomic mass is 10.3. The lowest BCUT2D eigenvalue weighted by Crippen LogP contribution is -2.08. The van der Waals surface area contributed by atoms with Crippen LogP contribution in [0.2, 0.25) is 0 Å². The molecule has 0 aromatic carbocycles. The van der Waals surface area contributed by atoms with Gasteiger partial charge in [-0.1, -0.05) is 0 Å². The van der Waals surface area contributed by atoms with Crippen LogP contribution in [0.3, 0.4) is 0 Å². The number of esters is 1. The van der Waals surface area contributed by atoms with Crippen LogP contribution in [0.5, 0.6) is 0 Å². The minimum atomic E-state index is -1.83. The van der Waals surface area contributed by atoms with E-state index in [1.54, 1.807) is 0 Å². The Hall–Kier alpha value is -1.20. The van der Waals surface area contributed by atoms with Crippen LogP contribution in [0.15, 0.2) is 0 Å². The minimum absolute atomic E-state index is 0.0482. The first-order chi connectivity index (χ1) is 6.16. The van der Waals surface area contributed by atoms with Gasteiger partial charge in [0.2, 0.25) is 0 Å². The molecule has 0 saturated carbocycles. The molecule has 0 atom stereocenters. The molecule has 0 fully saturated rings. The lowest BCUT2D eigenvalue weighted by molar-refractivity contribution is -0.144. The summed E-state index contributed by atoms with van der Waals surface area (Å²) >= 11 is 0. The van der Waals surface area contributed by atoms with Crippen LogP contribution in [0, 0.1) is 0 Å². The Balaban J connectivity index is 3.08. The van der Waals surface area contributed by atoms with Gasteiger partial charge in [0.15, 0.2) is 6.67 Å². The van der Waals surface area contributed by atoms with E-state index in [0.29, 0.717) is 12.8 Å². The average molecular weight is 196 g/mol. The van der Waals surface area contributed by atoms with Gasteiger partial charge in [0.1, 0.15) is 0 Å². The van der Waals surface area contributed by atoms with Crippen LogP contribution in [0.25, 0.3) is 0 Å². The summed E-state index contributed by atoms with van der Waals surface area (Å²) in [7, 11) is 0. The first-order valence-electron chi connectivity index (χ1n) is 3.70. The molecule has 0 aliphatic heterocycles. The molecule has 0 aliphatic rings. The van der Waals surface area contributed by atoms with Crippen LogP contribution >= 0.6 is 0 Å². The minimum Gasteiger partial charge on any atom is -0.464 e. The summed E-state index contributed by atoms with van der Waals surface area (Å²) in [5.74, 6) is -0.928. The van der Waals surface area contributed by atoms with Crippen molar-refractivity contribution < 1.29 is 27.8 Å². The summed E-state index contributed by atoms with van der Waals surface area (Å²) in [5, 5.41) is 0. The second-order valence-corrected chi connectivity index (χ2v) is 2.15. The van der Waals surface area contributed by atoms with Crippen molar-refractivity contribution in [3.05, 3.63) is 0 Å². The number of carbonyl (C=O) groups is 2. The van der Waals surface area contributed by atoms with E-state index < -0.39 is 18.9 Å². The molecular weight excluding hydrogens is 186 g/mol. The summed E-state index contributed by atoms with van der Waals surface area (Å²) < 4.78 is 31.2. The molecule has 0 unspecified atom stereocenters. The lowest BCUT2D eigenvalue weighted by Gasteiger charge is -2.01. The third-order valence-electron chi connectivity index (χ3n) is 1.13. The maximum absolute atomic E-state index is 11.5. The Morgan fingerprint density at radius 3 is 2.08 bits per heavy atom. The Morgan fingerprint density at radius 2 is 1.62 bits per heavy atom. The molecule has 13 heavy (non-hydrogen) atoms. The quantitative estimate of drug-likeness (QED) is 0.366. The van der Waals surface area contributed by atoms with Gasteiger partial charge in [0, 0.05) is 0 Å². The predicted molar refractivity (Wildman–Crippen MR) is 38.6 cm³/mol. The van der Waals surface area contributed by atoms with E-state index in [9.17, 15) is 18.4 Å². The fourth-order valence-corrected chi connectivity index (χ4v) is 0.581. The molecule has 4 nitrogen and oxygen atoms in total. The monoisotopic (exact) mass is 196 g/mol. The van der Waals surface area contributed by atoms with Crippen LogP contribution in [0.4, 0.5) is 13.6 Å². The SMILES string of the molecule is O=C(F)OCCCCOC(=O)CF. The van der Waals surface area contributed by atoms with E-state index in [-0.39, 0.29) is 13.2 Å². The molecule has 0 aliphatic carbocycles. The molecule has 76 valence electrons. The number of halogens is 2. The highest BCUT2D eigenvalue weighted by atomic mass is 19.1. The van der Waals surface area contributed by atoms with Gasteiger partial charge in [-0.05, 0) is 12.8 Å². The Morgan fingerprint density at radius 1 is 1.08 bits per heavy atom. The third-order valence-corrected chi connectivity index (χ3v) is 1.13. The normalized spacial score (nSPS) is 9.38. The molecule has 0 heterocycles. The van der Waals surface area contributed by atoms with E-state index in [2.05, 4.69) is 9.47 Å². The molecule has 0 rings (SSSR count). The highest BCUT2D eigenvalue weighted by Gasteiger charge is 2.00. The van der Waals surface area contributed by atoms with Crippen molar-refractivity contribution in [2.75, 3.05) is 19.9 Å². The van der Waals surface area contributed by atoms with Gasteiger partial charge in [0.25, 0.3) is 0 Å². The summed E-state index contributed by atoms with van der Waals surface area (Å²) in [6.07, 6.45) is -1.06. The van der Waals surface area contributed by atoms with Gasteiger partial charge in [-0.3, -0.25) is 0 Å². The first kappa shape index (κ1) is 11.8. The van der Waals surface area contributed by atoms with Gasteiger partial charge in [-0.25, -0.2) is 14.0 Å². The summed E-state index contributed by atoms with van der Waals surface area (Å²) in [5.41, 5.74) is 0. The molecule has 0 amide bonds. The predicted octanol–water partition coefficient (Wildman–Crippen LogP) is 1.39. The Kier molecular flexibility index (Phi) is 6.76. The summed E-state index contributed by atoms with van der Waals surface area (Å²) in [4.78, 5) is 19.8. The molecule has 0 radical (unpaired) electrons. The van der Waals surface area contributed by atoms with Crippen molar-refractivity contribution in [3.8, 4) is 0 Å². The van der Waals surface area contributed by atoms with Gasteiger partial charge >= 0.3 is 12.2 Å². The fourth-order valence-electron chi connectivity index (χ4n) is 0.581. The van der Waals surface area contributed by atoms with Crippen molar-refractivity contribution in [3.63, 3.8) is 0 Å². The topological polar surface area (TPSA) is 52.6 Å². The number of ether oxygens (including phenoxy) is 2. The van der Waals surface area contributed by atoms with Gasteiger partial charge in [0.05, 0.1) is 13.2 Å². The van der Waals surface area contributed by atoms with Gasteiger partial charge in [-0.2, -0.15) is 0 Å². The number of hydrogen-bond donors (Lipinski definition) is 0. The zero-order chi connectivity index (χ0) is 10.1. The molecular formula is C7H10F2O4. The van der Waals surface area contributed by atoms with Crippen LogP contribution in [-0.4, -0.2) is 32.1 Å². The molecule has 0 aromatic heterocycles. The molecule has 0 N–H and O–H groups in total. The molecule has 0 saturated heterocycles. The second-order valence-electron chi connectivity index (χ2n) is 2.15. The van der Waals surface area contributed by atoms with Crippen molar-refractivity contribution in [2.45, 2.75) is 12.8 Å². The first-order valence-corrected chi connectivity index (χ1v) is 3.70. The van der Waals surface area contributed by atoms with E-state index in [4.69, 9.17) is 0 Å². The average Bonchev–Trinajstić information content (AvgIpc) is 2.10. The molecule has 0 bridgehead atoms. The maximum Gasteiger partial charge on any atom is 0.495 e. The van der Waals surface area contributed by atoms with Crippen LogP contribution < -0.4 is 0 Å². The number of carbonyl (C=O) groups excluding carboxylic acids is 2. The van der Waals surface area contributed by atoms with Gasteiger partial charge < -0.3 is 9.47 Å². The van der Waals surface area contributed by atoms with E-state index in [1.165, 1.54) is 0 Å². The number of alkyl halides is 1. The van der Waals surface area contributed by atoms with E-state index in [0.717, 1.165) is 0 Å². The van der Waals surface area contributed by atoms with Crippen LogP contribution in [-0.2, 0) is 14.3 Å². The molecule has 0 spiro atoms.